The highest BCUT2D eigenvalue weighted by Crippen LogP contribution is 2.35. The summed E-state index contributed by atoms with van der Waals surface area (Å²) in [5.74, 6) is 0. The fourth-order valence-corrected chi connectivity index (χ4v) is 3.12. The van der Waals surface area contributed by atoms with Crippen molar-refractivity contribution in [1.82, 2.24) is 14.5 Å². The van der Waals surface area contributed by atoms with E-state index in [0.717, 1.165) is 11.0 Å². The maximum atomic E-state index is 4.50. The largest absolute Gasteiger partial charge is 0.327 e. The number of pyridine rings is 1. The van der Waals surface area contributed by atoms with Crippen molar-refractivity contribution >= 4 is 44.5 Å². The summed E-state index contributed by atoms with van der Waals surface area (Å²) in [6.07, 6.45) is 7.76. The van der Waals surface area contributed by atoms with E-state index in [1.807, 2.05) is 12.5 Å². The Labute approximate surface area is 118 Å². The average molecular weight is 349 g/mol. The number of hydrogen-bond acceptors (Lipinski definition) is 2. The predicted molar refractivity (Wildman–Crippen MR) is 80.6 cm³/mol. The smallest absolute Gasteiger partial charge is 0.107 e. The van der Waals surface area contributed by atoms with Crippen LogP contribution in [0.3, 0.4) is 0 Å². The zero-order valence-electron chi connectivity index (χ0n) is 9.81. The van der Waals surface area contributed by atoms with Crippen LogP contribution in [0, 0.1) is 3.57 Å². The maximum Gasteiger partial charge on any atom is 0.107 e. The highest BCUT2D eigenvalue weighted by atomic mass is 127. The molecule has 0 atom stereocenters. The summed E-state index contributed by atoms with van der Waals surface area (Å²) in [5.41, 5.74) is 3.32. The summed E-state index contributed by atoms with van der Waals surface area (Å²) < 4.78 is 3.59. The molecule has 1 saturated carbocycles. The van der Waals surface area contributed by atoms with Crippen molar-refractivity contribution < 1.29 is 0 Å². The zero-order valence-corrected chi connectivity index (χ0v) is 12.0. The van der Waals surface area contributed by atoms with Crippen LogP contribution in [-0.2, 0) is 0 Å². The number of nitrogens with zero attached hydrogens (tertiary/aromatic N) is 3. The molecule has 4 rings (SSSR count). The second-order valence-corrected chi connectivity index (χ2v) is 6.14. The molecule has 3 aromatic rings. The van der Waals surface area contributed by atoms with Gasteiger partial charge in [-0.1, -0.05) is 0 Å². The predicted octanol–water partition coefficient (Wildman–Crippen LogP) is 3.91. The second-order valence-electron chi connectivity index (χ2n) is 4.89. The third-order valence-electron chi connectivity index (χ3n) is 3.83. The molecule has 90 valence electrons. The Kier molecular flexibility index (Phi) is 2.33. The third kappa shape index (κ3) is 1.48. The number of halogens is 1. The molecule has 3 nitrogen and oxygen atoms in total. The Morgan fingerprint density at radius 3 is 2.83 bits per heavy atom. The van der Waals surface area contributed by atoms with Crippen molar-refractivity contribution in [2.45, 2.75) is 25.3 Å². The van der Waals surface area contributed by atoms with E-state index in [-0.39, 0.29) is 0 Å². The Balaban J connectivity index is 2.11. The zero-order chi connectivity index (χ0) is 12.1. The molecule has 0 amide bonds. The van der Waals surface area contributed by atoms with E-state index < -0.39 is 0 Å². The number of aromatic nitrogens is 3. The standard InChI is InChI=1S/C14H12IN3/c15-9-4-5-12-11(6-9)14-13(7-16-12)17-8-18(14)10-2-1-3-10/h4-8,10H,1-3H2. The molecule has 1 aliphatic carbocycles. The van der Waals surface area contributed by atoms with E-state index in [9.17, 15) is 0 Å². The fraction of sp³-hybridized carbons (Fsp3) is 0.286. The summed E-state index contributed by atoms with van der Waals surface area (Å²) in [4.78, 5) is 8.99. The van der Waals surface area contributed by atoms with Gasteiger partial charge in [-0.15, -0.1) is 0 Å². The molecule has 0 radical (unpaired) electrons. The lowest BCUT2D eigenvalue weighted by Gasteiger charge is -2.27. The SMILES string of the molecule is Ic1ccc2ncc3ncn(C4CCC4)c3c2c1. The topological polar surface area (TPSA) is 30.7 Å². The van der Waals surface area contributed by atoms with Gasteiger partial charge in [0, 0.05) is 15.0 Å². The van der Waals surface area contributed by atoms with Gasteiger partial charge in [0.1, 0.15) is 5.52 Å². The van der Waals surface area contributed by atoms with Crippen LogP contribution in [0.2, 0.25) is 0 Å². The minimum atomic E-state index is 0.637. The van der Waals surface area contributed by atoms with Gasteiger partial charge in [-0.2, -0.15) is 0 Å². The van der Waals surface area contributed by atoms with Gasteiger partial charge in [0.2, 0.25) is 0 Å². The van der Waals surface area contributed by atoms with Crippen LogP contribution >= 0.6 is 22.6 Å². The monoisotopic (exact) mass is 349 g/mol. The van der Waals surface area contributed by atoms with Gasteiger partial charge in [0.15, 0.2) is 0 Å². The first-order valence-electron chi connectivity index (χ1n) is 6.24. The molecule has 0 N–H and O–H groups in total. The summed E-state index contributed by atoms with van der Waals surface area (Å²) in [5, 5.41) is 1.23. The molecule has 0 bridgehead atoms. The number of fused-ring (bicyclic) bond motifs is 3. The van der Waals surface area contributed by atoms with Crippen molar-refractivity contribution in [3.63, 3.8) is 0 Å². The van der Waals surface area contributed by atoms with Crippen LogP contribution in [0.1, 0.15) is 25.3 Å². The fourth-order valence-electron chi connectivity index (χ4n) is 2.63. The van der Waals surface area contributed by atoms with Crippen molar-refractivity contribution in [3.8, 4) is 0 Å². The molecule has 0 unspecified atom stereocenters. The Bertz CT molecular complexity index is 743. The quantitative estimate of drug-likeness (QED) is 0.624. The van der Waals surface area contributed by atoms with Gasteiger partial charge < -0.3 is 4.57 Å². The molecular formula is C14H12IN3. The van der Waals surface area contributed by atoms with Gasteiger partial charge in [-0.3, -0.25) is 4.98 Å². The lowest BCUT2D eigenvalue weighted by Crippen LogP contribution is -2.15. The van der Waals surface area contributed by atoms with E-state index in [1.165, 1.54) is 33.7 Å². The van der Waals surface area contributed by atoms with E-state index >= 15 is 0 Å². The molecule has 0 spiro atoms. The van der Waals surface area contributed by atoms with Gasteiger partial charge in [-0.25, -0.2) is 4.98 Å². The van der Waals surface area contributed by atoms with E-state index in [2.05, 4.69) is 55.3 Å². The number of imidazole rings is 1. The Morgan fingerprint density at radius 1 is 1.17 bits per heavy atom. The second kappa shape index (κ2) is 3.91. The lowest BCUT2D eigenvalue weighted by atomic mass is 9.93. The molecule has 0 saturated heterocycles. The van der Waals surface area contributed by atoms with E-state index in [1.54, 1.807) is 0 Å². The lowest BCUT2D eigenvalue weighted by molar-refractivity contribution is 0.320. The molecule has 1 fully saturated rings. The van der Waals surface area contributed by atoms with E-state index in [0.29, 0.717) is 6.04 Å². The third-order valence-corrected chi connectivity index (χ3v) is 4.50. The highest BCUT2D eigenvalue weighted by molar-refractivity contribution is 14.1. The van der Waals surface area contributed by atoms with Crippen molar-refractivity contribution in [3.05, 3.63) is 34.3 Å². The molecule has 2 aromatic heterocycles. The Morgan fingerprint density at radius 2 is 2.06 bits per heavy atom. The minimum Gasteiger partial charge on any atom is -0.327 e. The van der Waals surface area contributed by atoms with Crippen LogP contribution in [0.25, 0.3) is 21.9 Å². The molecule has 1 aliphatic rings. The number of rotatable bonds is 1. The average Bonchev–Trinajstić information content (AvgIpc) is 2.71. The minimum absolute atomic E-state index is 0.637. The van der Waals surface area contributed by atoms with Gasteiger partial charge in [-0.05, 0) is 60.1 Å². The molecule has 1 aromatic carbocycles. The molecule has 4 heteroatoms. The summed E-state index contributed by atoms with van der Waals surface area (Å²) >= 11 is 2.35. The first-order valence-corrected chi connectivity index (χ1v) is 7.31. The van der Waals surface area contributed by atoms with Crippen LogP contribution in [0.5, 0.6) is 0 Å². The van der Waals surface area contributed by atoms with Gasteiger partial charge in [0.05, 0.1) is 23.6 Å². The van der Waals surface area contributed by atoms with Crippen LogP contribution in [0.15, 0.2) is 30.7 Å². The molecule has 0 aliphatic heterocycles. The maximum absolute atomic E-state index is 4.50. The summed E-state index contributed by atoms with van der Waals surface area (Å²) in [6, 6.07) is 7.04. The number of benzene rings is 1. The van der Waals surface area contributed by atoms with Crippen molar-refractivity contribution in [1.29, 1.82) is 0 Å². The van der Waals surface area contributed by atoms with Crippen molar-refractivity contribution in [2.24, 2.45) is 0 Å². The summed E-state index contributed by atoms with van der Waals surface area (Å²) in [7, 11) is 0. The van der Waals surface area contributed by atoms with Crippen molar-refractivity contribution in [2.75, 3.05) is 0 Å². The Hall–Kier alpha value is -1.17. The van der Waals surface area contributed by atoms with E-state index in [4.69, 9.17) is 0 Å². The normalized spacial score (nSPS) is 16.3. The van der Waals surface area contributed by atoms with Crippen LogP contribution in [-0.4, -0.2) is 14.5 Å². The number of hydrogen-bond donors (Lipinski definition) is 0. The van der Waals surface area contributed by atoms with Gasteiger partial charge >= 0.3 is 0 Å². The molecule has 2 heterocycles. The first kappa shape index (κ1) is 10.7. The molecular weight excluding hydrogens is 337 g/mol. The van der Waals surface area contributed by atoms with Gasteiger partial charge in [0.25, 0.3) is 0 Å². The van der Waals surface area contributed by atoms with Crippen LogP contribution in [0.4, 0.5) is 0 Å². The first-order chi connectivity index (χ1) is 8.83. The highest BCUT2D eigenvalue weighted by Gasteiger charge is 2.22. The molecule has 18 heavy (non-hydrogen) atoms. The van der Waals surface area contributed by atoms with Crippen LogP contribution < -0.4 is 0 Å². The summed E-state index contributed by atoms with van der Waals surface area (Å²) in [6.45, 7) is 0.